The molecule has 1 rings (SSSR count). The van der Waals surface area contributed by atoms with Crippen LogP contribution in [0.15, 0.2) is 24.3 Å². The molecule has 0 bridgehead atoms. The highest BCUT2D eigenvalue weighted by Crippen LogP contribution is 2.13. The van der Waals surface area contributed by atoms with Crippen molar-refractivity contribution in [2.24, 2.45) is 11.8 Å². The fraction of sp³-hybridized carbons (Fsp3) is 0.562. The van der Waals surface area contributed by atoms with E-state index in [9.17, 15) is 4.79 Å². The van der Waals surface area contributed by atoms with Crippen LogP contribution >= 0.6 is 0 Å². The molecule has 0 aliphatic carbocycles. The Morgan fingerprint density at radius 1 is 1.21 bits per heavy atom. The number of hydrogen-bond acceptors (Lipinski definition) is 2. The molecule has 0 saturated heterocycles. The van der Waals surface area contributed by atoms with E-state index in [-0.39, 0.29) is 18.6 Å². The molecule has 0 saturated carbocycles. The van der Waals surface area contributed by atoms with Gasteiger partial charge in [-0.25, -0.2) is 0 Å². The third kappa shape index (κ3) is 5.33. The smallest absolute Gasteiger partial charge is 0.258 e. The Balaban J connectivity index is 2.47. The molecule has 0 fully saturated rings. The number of hydrogen-bond donors (Lipinski definition) is 1. The molecule has 1 aromatic rings. The number of carbonyl (C=O) groups excluding carboxylic acids is 1. The predicted molar refractivity (Wildman–Crippen MR) is 78.3 cm³/mol. The van der Waals surface area contributed by atoms with Gasteiger partial charge in [0.05, 0.1) is 0 Å². The van der Waals surface area contributed by atoms with E-state index < -0.39 is 0 Å². The Hall–Kier alpha value is -1.51. The van der Waals surface area contributed by atoms with Gasteiger partial charge in [0.2, 0.25) is 0 Å². The van der Waals surface area contributed by atoms with Gasteiger partial charge in [0.25, 0.3) is 5.91 Å². The summed E-state index contributed by atoms with van der Waals surface area (Å²) < 4.78 is 5.50. The van der Waals surface area contributed by atoms with E-state index in [2.05, 4.69) is 33.0 Å². The van der Waals surface area contributed by atoms with Crippen LogP contribution in [0.1, 0.15) is 33.3 Å². The summed E-state index contributed by atoms with van der Waals surface area (Å²) in [4.78, 5) is 11.9. The first kappa shape index (κ1) is 15.5. The Bertz CT molecular complexity index is 405. The van der Waals surface area contributed by atoms with Gasteiger partial charge in [0.1, 0.15) is 5.75 Å². The van der Waals surface area contributed by atoms with Crippen molar-refractivity contribution in [3.63, 3.8) is 0 Å². The molecule has 3 nitrogen and oxygen atoms in total. The lowest BCUT2D eigenvalue weighted by molar-refractivity contribution is -0.124. The molecule has 0 spiro atoms. The maximum absolute atomic E-state index is 11.9. The summed E-state index contributed by atoms with van der Waals surface area (Å²) in [5.41, 5.74) is 1.13. The minimum Gasteiger partial charge on any atom is -0.484 e. The van der Waals surface area contributed by atoms with Crippen LogP contribution in [0.5, 0.6) is 5.75 Å². The van der Waals surface area contributed by atoms with Gasteiger partial charge in [0.15, 0.2) is 6.61 Å². The zero-order valence-corrected chi connectivity index (χ0v) is 12.6. The van der Waals surface area contributed by atoms with Crippen molar-refractivity contribution in [3.05, 3.63) is 29.8 Å². The molecule has 106 valence electrons. The van der Waals surface area contributed by atoms with Crippen LogP contribution in [0, 0.1) is 18.8 Å². The third-order valence-electron chi connectivity index (χ3n) is 3.12. The molecule has 0 atom stereocenters. The summed E-state index contributed by atoms with van der Waals surface area (Å²) in [6, 6.07) is 7.90. The summed E-state index contributed by atoms with van der Waals surface area (Å²) in [6.45, 7) is 10.5. The third-order valence-corrected chi connectivity index (χ3v) is 3.12. The Kier molecular flexibility index (Phi) is 5.87. The van der Waals surface area contributed by atoms with Crippen molar-refractivity contribution in [2.45, 2.75) is 40.7 Å². The number of rotatable bonds is 6. The first-order chi connectivity index (χ1) is 8.90. The maximum atomic E-state index is 11.9. The number of amides is 1. The minimum absolute atomic E-state index is 0.0612. The van der Waals surface area contributed by atoms with Crippen molar-refractivity contribution in [3.8, 4) is 5.75 Å². The van der Waals surface area contributed by atoms with Gasteiger partial charge in [-0.3, -0.25) is 4.79 Å². The van der Waals surface area contributed by atoms with Crippen molar-refractivity contribution in [1.29, 1.82) is 0 Å². The van der Waals surface area contributed by atoms with Crippen molar-refractivity contribution in [1.82, 2.24) is 5.32 Å². The lowest BCUT2D eigenvalue weighted by Gasteiger charge is -2.26. The number of carbonyl (C=O) groups is 1. The average molecular weight is 263 g/mol. The molecule has 3 heteroatoms. The van der Waals surface area contributed by atoms with E-state index in [1.54, 1.807) is 0 Å². The predicted octanol–water partition coefficient (Wildman–Crippen LogP) is 3.17. The maximum Gasteiger partial charge on any atom is 0.258 e. The van der Waals surface area contributed by atoms with E-state index in [4.69, 9.17) is 4.74 Å². The van der Waals surface area contributed by atoms with Gasteiger partial charge in [-0.15, -0.1) is 0 Å². The van der Waals surface area contributed by atoms with Crippen molar-refractivity contribution in [2.75, 3.05) is 6.61 Å². The molecule has 0 radical (unpaired) electrons. The topological polar surface area (TPSA) is 38.3 Å². The number of benzene rings is 1. The number of aryl methyl sites for hydroxylation is 1. The van der Waals surface area contributed by atoms with E-state index in [1.165, 1.54) is 0 Å². The quantitative estimate of drug-likeness (QED) is 0.856. The van der Waals surface area contributed by atoms with Crippen LogP contribution in [0.25, 0.3) is 0 Å². The van der Waals surface area contributed by atoms with Gasteiger partial charge in [0, 0.05) is 6.04 Å². The standard InChI is InChI=1S/C16H25NO2/c1-11(2)16(12(3)4)17-15(18)10-19-14-8-6-7-13(5)9-14/h6-9,11-12,16H,10H2,1-5H3,(H,17,18). The van der Waals surface area contributed by atoms with Gasteiger partial charge in [-0.05, 0) is 36.5 Å². The van der Waals surface area contributed by atoms with Crippen LogP contribution in [-0.4, -0.2) is 18.6 Å². The van der Waals surface area contributed by atoms with E-state index in [1.807, 2.05) is 31.2 Å². The van der Waals surface area contributed by atoms with E-state index in [0.717, 1.165) is 11.3 Å². The lowest BCUT2D eigenvalue weighted by Crippen LogP contribution is -2.44. The van der Waals surface area contributed by atoms with Gasteiger partial charge < -0.3 is 10.1 Å². The van der Waals surface area contributed by atoms with Crippen molar-refractivity contribution < 1.29 is 9.53 Å². The van der Waals surface area contributed by atoms with E-state index >= 15 is 0 Å². The Labute approximate surface area is 116 Å². The highest BCUT2D eigenvalue weighted by Gasteiger charge is 2.19. The second-order valence-corrected chi connectivity index (χ2v) is 5.69. The molecule has 0 aliphatic heterocycles. The van der Waals surface area contributed by atoms with Gasteiger partial charge in [-0.2, -0.15) is 0 Å². The lowest BCUT2D eigenvalue weighted by atomic mass is 9.93. The summed E-state index contributed by atoms with van der Waals surface area (Å²) in [5.74, 6) is 1.51. The van der Waals surface area contributed by atoms with Crippen LogP contribution in [0.2, 0.25) is 0 Å². The second kappa shape index (κ2) is 7.17. The first-order valence-electron chi connectivity index (χ1n) is 6.89. The first-order valence-corrected chi connectivity index (χ1v) is 6.89. The molecule has 1 amide bonds. The van der Waals surface area contributed by atoms with Gasteiger partial charge in [-0.1, -0.05) is 39.8 Å². The van der Waals surface area contributed by atoms with Crippen molar-refractivity contribution >= 4 is 5.91 Å². The van der Waals surface area contributed by atoms with Gasteiger partial charge >= 0.3 is 0 Å². The number of nitrogens with one attached hydrogen (secondary N) is 1. The van der Waals surface area contributed by atoms with Crippen LogP contribution in [-0.2, 0) is 4.79 Å². The number of ether oxygens (including phenoxy) is 1. The molecular formula is C16H25NO2. The SMILES string of the molecule is Cc1cccc(OCC(=O)NC(C(C)C)C(C)C)c1. The molecule has 19 heavy (non-hydrogen) atoms. The van der Waals surface area contributed by atoms with Crippen LogP contribution in [0.3, 0.4) is 0 Å². The molecular weight excluding hydrogens is 238 g/mol. The largest absolute Gasteiger partial charge is 0.484 e. The molecule has 1 N–H and O–H groups in total. The normalized spacial score (nSPS) is 11.2. The fourth-order valence-electron chi connectivity index (χ4n) is 2.18. The average Bonchev–Trinajstić information content (AvgIpc) is 2.32. The minimum atomic E-state index is -0.0612. The summed E-state index contributed by atoms with van der Waals surface area (Å²) in [7, 11) is 0. The fourth-order valence-corrected chi connectivity index (χ4v) is 2.18. The van der Waals surface area contributed by atoms with E-state index in [0.29, 0.717) is 11.8 Å². The van der Waals surface area contributed by atoms with Crippen LogP contribution in [0.4, 0.5) is 0 Å². The highest BCUT2D eigenvalue weighted by molar-refractivity contribution is 5.77. The highest BCUT2D eigenvalue weighted by atomic mass is 16.5. The molecule has 1 aromatic carbocycles. The summed E-state index contributed by atoms with van der Waals surface area (Å²) in [6.07, 6.45) is 0. The molecule has 0 unspecified atom stereocenters. The summed E-state index contributed by atoms with van der Waals surface area (Å²) >= 11 is 0. The summed E-state index contributed by atoms with van der Waals surface area (Å²) in [5, 5.41) is 3.04. The zero-order valence-electron chi connectivity index (χ0n) is 12.6. The Morgan fingerprint density at radius 3 is 2.37 bits per heavy atom. The Morgan fingerprint density at radius 2 is 1.84 bits per heavy atom. The second-order valence-electron chi connectivity index (χ2n) is 5.69. The molecule has 0 aliphatic rings. The molecule has 0 aromatic heterocycles. The monoisotopic (exact) mass is 263 g/mol. The van der Waals surface area contributed by atoms with Crippen LogP contribution < -0.4 is 10.1 Å². The zero-order chi connectivity index (χ0) is 14.4. The molecule has 0 heterocycles.